The van der Waals surface area contributed by atoms with Gasteiger partial charge in [0.2, 0.25) is 12.7 Å². The summed E-state index contributed by atoms with van der Waals surface area (Å²) in [6.07, 6.45) is 0.748. The van der Waals surface area contributed by atoms with E-state index in [9.17, 15) is 9.59 Å². The molecule has 0 radical (unpaired) electrons. The third-order valence-corrected chi connectivity index (χ3v) is 2.92. The summed E-state index contributed by atoms with van der Waals surface area (Å²) in [7, 11) is 1.23. The maximum atomic E-state index is 12.0. The van der Waals surface area contributed by atoms with Crippen LogP contribution in [0, 0.1) is 0 Å². The van der Waals surface area contributed by atoms with E-state index < -0.39 is 6.09 Å². The number of benzene rings is 1. The Morgan fingerprint density at radius 2 is 2.13 bits per heavy atom. The highest BCUT2D eigenvalue weighted by Gasteiger charge is 2.14. The van der Waals surface area contributed by atoms with Crippen LogP contribution in [-0.2, 0) is 16.1 Å². The van der Waals surface area contributed by atoms with Crippen molar-refractivity contribution >= 4 is 23.5 Å². The molecule has 2 heterocycles. The number of carbonyl (C=O) groups is 2. The second-order valence-electron chi connectivity index (χ2n) is 4.53. The number of methoxy groups -OCH3 is 1. The average Bonchev–Trinajstić information content (AvgIpc) is 3.15. The Morgan fingerprint density at radius 3 is 2.96 bits per heavy atom. The first-order valence-corrected chi connectivity index (χ1v) is 6.58. The molecule has 10 nitrogen and oxygen atoms in total. The van der Waals surface area contributed by atoms with Crippen LogP contribution < -0.4 is 20.1 Å². The van der Waals surface area contributed by atoms with E-state index in [1.54, 1.807) is 18.2 Å². The zero-order valence-corrected chi connectivity index (χ0v) is 12.1. The van der Waals surface area contributed by atoms with Crippen LogP contribution in [0.5, 0.6) is 11.5 Å². The number of nitrogens with one attached hydrogen (secondary N) is 2. The van der Waals surface area contributed by atoms with E-state index in [0.717, 1.165) is 0 Å². The molecule has 0 fully saturated rings. The van der Waals surface area contributed by atoms with Gasteiger partial charge in [0.05, 0.1) is 13.3 Å². The predicted octanol–water partition coefficient (Wildman–Crippen LogP) is 0.824. The van der Waals surface area contributed by atoms with Gasteiger partial charge in [-0.15, -0.1) is 5.10 Å². The molecule has 2 aromatic rings. The van der Waals surface area contributed by atoms with Gasteiger partial charge in [-0.3, -0.25) is 10.1 Å². The van der Waals surface area contributed by atoms with E-state index >= 15 is 0 Å². The number of hydrogen-bond acceptors (Lipinski definition) is 7. The first-order chi connectivity index (χ1) is 11.1. The molecule has 3 rings (SSSR count). The lowest BCUT2D eigenvalue weighted by atomic mass is 10.3. The SMILES string of the molecule is COC(=O)Nc1cn(CC(=O)Nc2ccc3c(c2)OCO3)nn1. The van der Waals surface area contributed by atoms with E-state index in [4.69, 9.17) is 9.47 Å². The van der Waals surface area contributed by atoms with Crippen molar-refractivity contribution in [2.75, 3.05) is 24.5 Å². The molecule has 0 bridgehead atoms. The third-order valence-electron chi connectivity index (χ3n) is 2.92. The molecule has 23 heavy (non-hydrogen) atoms. The van der Waals surface area contributed by atoms with Gasteiger partial charge in [0.15, 0.2) is 17.3 Å². The van der Waals surface area contributed by atoms with Gasteiger partial charge in [-0.25, -0.2) is 9.48 Å². The van der Waals surface area contributed by atoms with Crippen LogP contribution in [0.2, 0.25) is 0 Å². The van der Waals surface area contributed by atoms with E-state index in [1.165, 1.54) is 18.0 Å². The van der Waals surface area contributed by atoms with Crippen molar-refractivity contribution in [3.63, 3.8) is 0 Å². The summed E-state index contributed by atoms with van der Waals surface area (Å²) in [5.41, 5.74) is 0.576. The van der Waals surface area contributed by atoms with Gasteiger partial charge in [0.1, 0.15) is 6.54 Å². The van der Waals surface area contributed by atoms with Crippen molar-refractivity contribution < 1.29 is 23.8 Å². The summed E-state index contributed by atoms with van der Waals surface area (Å²) >= 11 is 0. The number of aromatic nitrogens is 3. The first-order valence-electron chi connectivity index (χ1n) is 6.58. The average molecular weight is 319 g/mol. The molecule has 0 unspecified atom stereocenters. The molecule has 1 aliphatic rings. The molecule has 0 aliphatic carbocycles. The molecular weight excluding hydrogens is 306 g/mol. The molecule has 1 aromatic carbocycles. The van der Waals surface area contributed by atoms with Crippen molar-refractivity contribution in [2.45, 2.75) is 6.54 Å². The standard InChI is InChI=1S/C13H13N5O5/c1-21-13(20)15-11-5-18(17-16-11)6-12(19)14-8-2-3-9-10(4-8)23-7-22-9/h2-5H,6-7H2,1H3,(H,14,19)(H,15,20). The van der Waals surface area contributed by atoms with Crippen molar-refractivity contribution in [1.29, 1.82) is 0 Å². The van der Waals surface area contributed by atoms with E-state index in [2.05, 4.69) is 25.7 Å². The van der Waals surface area contributed by atoms with Gasteiger partial charge in [-0.1, -0.05) is 5.21 Å². The van der Waals surface area contributed by atoms with Gasteiger partial charge in [-0.2, -0.15) is 0 Å². The Kier molecular flexibility index (Phi) is 3.95. The molecule has 2 amide bonds. The largest absolute Gasteiger partial charge is 0.454 e. The maximum Gasteiger partial charge on any atom is 0.412 e. The number of amides is 2. The monoisotopic (exact) mass is 319 g/mol. The fourth-order valence-electron chi connectivity index (χ4n) is 1.91. The van der Waals surface area contributed by atoms with E-state index in [-0.39, 0.29) is 25.1 Å². The normalized spacial score (nSPS) is 11.9. The Morgan fingerprint density at radius 1 is 1.30 bits per heavy atom. The lowest BCUT2D eigenvalue weighted by Crippen LogP contribution is -2.19. The fourth-order valence-corrected chi connectivity index (χ4v) is 1.91. The summed E-state index contributed by atoms with van der Waals surface area (Å²) < 4.78 is 16.1. The summed E-state index contributed by atoms with van der Waals surface area (Å²) in [6, 6.07) is 5.09. The van der Waals surface area contributed by atoms with Crippen LogP contribution in [0.3, 0.4) is 0 Å². The van der Waals surface area contributed by atoms with Gasteiger partial charge in [-0.05, 0) is 12.1 Å². The van der Waals surface area contributed by atoms with Crippen molar-refractivity contribution in [2.24, 2.45) is 0 Å². The molecule has 1 aliphatic heterocycles. The number of carbonyl (C=O) groups excluding carboxylic acids is 2. The van der Waals surface area contributed by atoms with Gasteiger partial charge >= 0.3 is 6.09 Å². The molecule has 0 spiro atoms. The molecule has 10 heteroatoms. The quantitative estimate of drug-likeness (QED) is 0.857. The topological polar surface area (TPSA) is 117 Å². The Bertz CT molecular complexity index is 744. The van der Waals surface area contributed by atoms with Gasteiger partial charge in [0, 0.05) is 11.8 Å². The van der Waals surface area contributed by atoms with Crippen molar-refractivity contribution in [3.8, 4) is 11.5 Å². The summed E-state index contributed by atoms with van der Waals surface area (Å²) in [6.45, 7) is 0.103. The second kappa shape index (κ2) is 6.22. The zero-order valence-electron chi connectivity index (χ0n) is 12.1. The second-order valence-corrected chi connectivity index (χ2v) is 4.53. The molecule has 0 atom stereocenters. The lowest BCUT2D eigenvalue weighted by Gasteiger charge is -2.05. The highest BCUT2D eigenvalue weighted by atomic mass is 16.7. The number of anilines is 2. The lowest BCUT2D eigenvalue weighted by molar-refractivity contribution is -0.116. The fraction of sp³-hybridized carbons (Fsp3) is 0.231. The Balaban J connectivity index is 1.58. The van der Waals surface area contributed by atoms with Crippen LogP contribution >= 0.6 is 0 Å². The minimum absolute atomic E-state index is 0.0652. The molecule has 0 saturated heterocycles. The van der Waals surface area contributed by atoms with E-state index in [0.29, 0.717) is 17.2 Å². The Hall–Kier alpha value is -3.30. The van der Waals surface area contributed by atoms with Gasteiger partial charge < -0.3 is 19.5 Å². The first kappa shape index (κ1) is 14.6. The number of fused-ring (bicyclic) bond motifs is 1. The summed E-state index contributed by atoms with van der Waals surface area (Å²) in [5, 5.41) is 12.5. The minimum atomic E-state index is -0.665. The van der Waals surface area contributed by atoms with Crippen LogP contribution in [-0.4, -0.2) is 40.9 Å². The molecule has 120 valence electrons. The third kappa shape index (κ3) is 3.48. The molecule has 0 saturated carbocycles. The number of rotatable bonds is 4. The smallest absolute Gasteiger partial charge is 0.412 e. The zero-order chi connectivity index (χ0) is 16.2. The molecular formula is C13H13N5O5. The van der Waals surface area contributed by atoms with Crippen LogP contribution in [0.25, 0.3) is 0 Å². The number of hydrogen-bond donors (Lipinski definition) is 2. The number of ether oxygens (including phenoxy) is 3. The highest BCUT2D eigenvalue weighted by molar-refractivity contribution is 5.91. The molecule has 2 N–H and O–H groups in total. The minimum Gasteiger partial charge on any atom is -0.454 e. The van der Waals surface area contributed by atoms with Crippen LogP contribution in [0.15, 0.2) is 24.4 Å². The highest BCUT2D eigenvalue weighted by Crippen LogP contribution is 2.34. The summed E-state index contributed by atoms with van der Waals surface area (Å²) in [4.78, 5) is 23.0. The van der Waals surface area contributed by atoms with E-state index in [1.807, 2.05) is 0 Å². The van der Waals surface area contributed by atoms with Gasteiger partial charge in [0.25, 0.3) is 0 Å². The van der Waals surface area contributed by atoms with Crippen molar-refractivity contribution in [1.82, 2.24) is 15.0 Å². The van der Waals surface area contributed by atoms with Crippen LogP contribution in [0.4, 0.5) is 16.3 Å². The maximum absolute atomic E-state index is 12.0. The molecule has 1 aromatic heterocycles. The summed E-state index contributed by atoms with van der Waals surface area (Å²) in [5.74, 6) is 1.09. The number of nitrogens with zero attached hydrogens (tertiary/aromatic N) is 3. The van der Waals surface area contributed by atoms with Crippen molar-refractivity contribution in [3.05, 3.63) is 24.4 Å². The predicted molar refractivity (Wildman–Crippen MR) is 77.2 cm³/mol. The Labute approximate surface area is 130 Å². The van der Waals surface area contributed by atoms with Crippen LogP contribution in [0.1, 0.15) is 0 Å².